The summed E-state index contributed by atoms with van der Waals surface area (Å²) < 4.78 is 0. The molecule has 2 bridgehead atoms. The Morgan fingerprint density at radius 2 is 1.85 bits per heavy atom. The highest BCUT2D eigenvalue weighted by atomic mass is 16.1. The normalized spacial score (nSPS) is 42.5. The Bertz CT molecular complexity index is 323. The fourth-order valence-corrected chi connectivity index (χ4v) is 2.65. The molecular formula is C10H10N2O. The molecule has 4 unspecified atom stereocenters. The molecule has 0 N–H and O–H groups in total. The summed E-state index contributed by atoms with van der Waals surface area (Å²) in [5.74, 6) is -0.299. The van der Waals surface area contributed by atoms with Crippen LogP contribution in [0.1, 0.15) is 19.3 Å². The average molecular weight is 174 g/mol. The molecule has 0 spiro atoms. The highest BCUT2D eigenvalue weighted by molar-refractivity contribution is 5.83. The maximum absolute atomic E-state index is 11.4. The minimum Gasteiger partial charge on any atom is -0.299 e. The molecule has 0 radical (unpaired) electrons. The predicted octanol–water partition coefficient (Wildman–Crippen LogP) is 1.26. The number of carbonyl (C=O) groups is 1. The number of hydrogen-bond acceptors (Lipinski definition) is 3. The molecule has 0 heterocycles. The van der Waals surface area contributed by atoms with Crippen LogP contribution in [0, 0.1) is 46.3 Å². The van der Waals surface area contributed by atoms with Gasteiger partial charge in [0.25, 0.3) is 0 Å². The van der Waals surface area contributed by atoms with Crippen LogP contribution in [0.25, 0.3) is 0 Å². The van der Waals surface area contributed by atoms with Gasteiger partial charge >= 0.3 is 0 Å². The third kappa shape index (κ3) is 1.04. The Morgan fingerprint density at radius 1 is 1.15 bits per heavy atom. The number of carbonyl (C=O) groups excluding carboxylic acids is 1. The van der Waals surface area contributed by atoms with Gasteiger partial charge in [-0.3, -0.25) is 4.79 Å². The smallest absolute Gasteiger partial charge is 0.137 e. The molecule has 3 heteroatoms. The van der Waals surface area contributed by atoms with Gasteiger partial charge < -0.3 is 0 Å². The minimum atomic E-state index is -0.329. The number of nitrogens with zero attached hydrogens (tertiary/aromatic N) is 2. The fraction of sp³-hybridized carbons (Fsp3) is 0.700. The van der Waals surface area contributed by atoms with Crippen molar-refractivity contribution in [3.63, 3.8) is 0 Å². The second-order valence-corrected chi connectivity index (χ2v) is 3.92. The van der Waals surface area contributed by atoms with Crippen LogP contribution in [0.15, 0.2) is 0 Å². The summed E-state index contributed by atoms with van der Waals surface area (Å²) in [5, 5.41) is 17.8. The Balaban J connectivity index is 2.32. The summed E-state index contributed by atoms with van der Waals surface area (Å²) in [6.07, 6.45) is 2.30. The maximum atomic E-state index is 11.4. The summed E-state index contributed by atoms with van der Waals surface area (Å²) in [4.78, 5) is 11.4. The second kappa shape index (κ2) is 2.85. The van der Waals surface area contributed by atoms with Gasteiger partial charge in [-0.05, 0) is 18.8 Å². The lowest BCUT2D eigenvalue weighted by Gasteiger charge is -2.41. The molecule has 3 aliphatic rings. The van der Waals surface area contributed by atoms with Gasteiger partial charge in [0.05, 0.1) is 24.0 Å². The number of rotatable bonds is 0. The van der Waals surface area contributed by atoms with E-state index in [2.05, 4.69) is 12.1 Å². The van der Waals surface area contributed by atoms with E-state index in [0.717, 1.165) is 12.8 Å². The van der Waals surface area contributed by atoms with E-state index in [1.807, 2.05) is 0 Å². The molecule has 0 aliphatic heterocycles. The molecule has 0 aromatic carbocycles. The van der Waals surface area contributed by atoms with Gasteiger partial charge in [0, 0.05) is 12.3 Å². The summed E-state index contributed by atoms with van der Waals surface area (Å²) in [5.41, 5.74) is 0. The summed E-state index contributed by atoms with van der Waals surface area (Å²) in [7, 11) is 0. The number of nitriles is 2. The second-order valence-electron chi connectivity index (χ2n) is 3.92. The van der Waals surface area contributed by atoms with E-state index in [1.54, 1.807) is 0 Å². The zero-order chi connectivity index (χ0) is 9.42. The third-order valence-corrected chi connectivity index (χ3v) is 3.35. The standard InChI is InChI=1S/C10H10N2O/c11-4-8-6-1-2-7(9(8)5-12)10(13)3-6/h6-9H,1-3H2. The molecule has 0 saturated heterocycles. The molecule has 3 nitrogen and oxygen atoms in total. The van der Waals surface area contributed by atoms with Crippen LogP contribution in [-0.2, 0) is 4.79 Å². The lowest BCUT2D eigenvalue weighted by molar-refractivity contribution is -0.132. The molecule has 3 aliphatic carbocycles. The first-order valence-corrected chi connectivity index (χ1v) is 4.60. The van der Waals surface area contributed by atoms with Gasteiger partial charge in [-0.1, -0.05) is 0 Å². The first-order chi connectivity index (χ1) is 6.27. The van der Waals surface area contributed by atoms with Crippen molar-refractivity contribution < 1.29 is 4.79 Å². The first-order valence-electron chi connectivity index (χ1n) is 4.60. The number of Topliss-reactive ketones (excluding diaryl/α,β-unsaturated/α-hetero) is 1. The van der Waals surface area contributed by atoms with E-state index in [-0.39, 0.29) is 29.5 Å². The van der Waals surface area contributed by atoms with E-state index in [1.165, 1.54) is 0 Å². The minimum absolute atomic E-state index is 0.139. The fourth-order valence-electron chi connectivity index (χ4n) is 2.65. The SMILES string of the molecule is N#CC1C2CCC(C(=O)C2)C1C#N. The van der Waals surface area contributed by atoms with Crippen molar-refractivity contribution in [2.45, 2.75) is 19.3 Å². The summed E-state index contributed by atoms with van der Waals surface area (Å²) in [6.45, 7) is 0. The van der Waals surface area contributed by atoms with Gasteiger partial charge in [0.15, 0.2) is 0 Å². The average Bonchev–Trinajstić information content (AvgIpc) is 2.17. The van der Waals surface area contributed by atoms with Crippen molar-refractivity contribution in [3.05, 3.63) is 0 Å². The van der Waals surface area contributed by atoms with E-state index in [4.69, 9.17) is 10.5 Å². The van der Waals surface area contributed by atoms with Crippen LogP contribution in [-0.4, -0.2) is 5.78 Å². The van der Waals surface area contributed by atoms with E-state index >= 15 is 0 Å². The van der Waals surface area contributed by atoms with E-state index < -0.39 is 0 Å². The molecule has 3 fully saturated rings. The molecule has 4 atom stereocenters. The van der Waals surface area contributed by atoms with Crippen molar-refractivity contribution in [3.8, 4) is 12.1 Å². The lowest BCUT2D eigenvalue weighted by Crippen LogP contribution is -2.44. The summed E-state index contributed by atoms with van der Waals surface area (Å²) >= 11 is 0. The Morgan fingerprint density at radius 3 is 2.38 bits per heavy atom. The Labute approximate surface area is 77.0 Å². The quantitative estimate of drug-likeness (QED) is 0.555. The number of fused-ring (bicyclic) bond motifs is 3. The van der Waals surface area contributed by atoms with Gasteiger partial charge in [0.1, 0.15) is 5.78 Å². The molecular weight excluding hydrogens is 164 g/mol. The molecule has 3 rings (SSSR count). The molecule has 0 aromatic heterocycles. The zero-order valence-electron chi connectivity index (χ0n) is 7.23. The maximum Gasteiger partial charge on any atom is 0.137 e. The highest BCUT2D eigenvalue weighted by Gasteiger charge is 2.48. The lowest BCUT2D eigenvalue weighted by atomic mass is 9.59. The number of hydrogen-bond donors (Lipinski definition) is 0. The summed E-state index contributed by atoms with van der Waals surface area (Å²) in [6, 6.07) is 4.31. The van der Waals surface area contributed by atoms with Crippen molar-refractivity contribution in [1.82, 2.24) is 0 Å². The van der Waals surface area contributed by atoms with Crippen LogP contribution < -0.4 is 0 Å². The highest BCUT2D eigenvalue weighted by Crippen LogP contribution is 2.46. The first kappa shape index (κ1) is 8.26. The van der Waals surface area contributed by atoms with Crippen LogP contribution >= 0.6 is 0 Å². The van der Waals surface area contributed by atoms with Crippen LogP contribution in [0.5, 0.6) is 0 Å². The van der Waals surface area contributed by atoms with Crippen molar-refractivity contribution in [1.29, 1.82) is 10.5 Å². The van der Waals surface area contributed by atoms with Crippen molar-refractivity contribution >= 4 is 5.78 Å². The predicted molar refractivity (Wildman–Crippen MR) is 44.0 cm³/mol. The number of ketones is 1. The van der Waals surface area contributed by atoms with Crippen LogP contribution in [0.3, 0.4) is 0 Å². The van der Waals surface area contributed by atoms with E-state index in [0.29, 0.717) is 6.42 Å². The molecule has 66 valence electrons. The van der Waals surface area contributed by atoms with Gasteiger partial charge in [-0.25, -0.2) is 0 Å². The van der Waals surface area contributed by atoms with Gasteiger partial charge in [-0.15, -0.1) is 0 Å². The van der Waals surface area contributed by atoms with Crippen LogP contribution in [0.2, 0.25) is 0 Å². The zero-order valence-corrected chi connectivity index (χ0v) is 7.23. The molecule has 13 heavy (non-hydrogen) atoms. The molecule has 3 saturated carbocycles. The van der Waals surface area contributed by atoms with Crippen LogP contribution in [0.4, 0.5) is 0 Å². The Kier molecular flexibility index (Phi) is 1.81. The molecule has 0 aromatic rings. The van der Waals surface area contributed by atoms with Crippen molar-refractivity contribution in [2.75, 3.05) is 0 Å². The van der Waals surface area contributed by atoms with E-state index in [9.17, 15) is 4.79 Å². The van der Waals surface area contributed by atoms with Crippen molar-refractivity contribution in [2.24, 2.45) is 23.7 Å². The topological polar surface area (TPSA) is 64.7 Å². The third-order valence-electron chi connectivity index (χ3n) is 3.35. The Hall–Kier alpha value is -1.35. The largest absolute Gasteiger partial charge is 0.299 e. The monoisotopic (exact) mass is 174 g/mol. The molecule has 0 amide bonds. The van der Waals surface area contributed by atoms with Gasteiger partial charge in [-0.2, -0.15) is 10.5 Å². The van der Waals surface area contributed by atoms with Gasteiger partial charge in [0.2, 0.25) is 0 Å².